The van der Waals surface area contributed by atoms with Crippen LogP contribution in [0.4, 0.5) is 5.69 Å². The summed E-state index contributed by atoms with van der Waals surface area (Å²) in [4.78, 5) is 34.5. The lowest BCUT2D eigenvalue weighted by Gasteiger charge is -2.05. The number of aromatic hydroxyl groups is 1. The van der Waals surface area contributed by atoms with E-state index in [-0.39, 0.29) is 28.3 Å². The number of amides is 1. The Morgan fingerprint density at radius 1 is 1.50 bits per heavy atom. The van der Waals surface area contributed by atoms with Crippen LogP contribution in [0.5, 0.6) is 11.5 Å². The van der Waals surface area contributed by atoms with Crippen molar-refractivity contribution in [3.05, 3.63) is 62.1 Å². The lowest BCUT2D eigenvalue weighted by atomic mass is 10.1. The third kappa shape index (κ3) is 3.86. The van der Waals surface area contributed by atoms with Crippen LogP contribution in [0.2, 0.25) is 0 Å². The topological polar surface area (TPSA) is 136 Å². The number of hydrogen-bond acceptors (Lipinski definition) is 7. The second-order valence-electron chi connectivity index (χ2n) is 5.05. The number of carbonyl (C=O) groups is 1. The number of phenolic OH excluding ortho intramolecular Hbond substituents is 1. The Kier molecular flexibility index (Phi) is 5.68. The molecule has 0 bridgehead atoms. The Bertz CT molecular complexity index is 935. The second-order valence-corrected chi connectivity index (χ2v) is 5.05. The Balaban J connectivity index is 2.26. The lowest BCUT2D eigenvalue weighted by molar-refractivity contribution is -0.385. The molecule has 0 aliphatic carbocycles. The summed E-state index contributed by atoms with van der Waals surface area (Å²) >= 11 is 0. The Morgan fingerprint density at radius 3 is 2.85 bits per heavy atom. The summed E-state index contributed by atoms with van der Waals surface area (Å²) in [6, 6.07) is 5.02. The molecule has 2 aromatic rings. The van der Waals surface area contributed by atoms with Gasteiger partial charge in [-0.25, -0.2) is 5.43 Å². The standard InChI is InChI=1S/C16H16N4O6/c1-3-19-6-4-5-11(16(19)23)15(22)18-17-9-10-7-13(21)14(26-2)8-12(10)20(24)25/h4-9,21H,3H2,1-2H3,(H,18,22)/b17-9-. The van der Waals surface area contributed by atoms with Crippen LogP contribution >= 0.6 is 0 Å². The molecule has 10 nitrogen and oxygen atoms in total. The van der Waals surface area contributed by atoms with E-state index in [1.54, 1.807) is 19.2 Å². The largest absolute Gasteiger partial charge is 0.504 e. The molecule has 0 aliphatic rings. The van der Waals surface area contributed by atoms with E-state index in [9.17, 15) is 24.8 Å². The van der Waals surface area contributed by atoms with Crippen molar-refractivity contribution >= 4 is 17.8 Å². The van der Waals surface area contributed by atoms with Gasteiger partial charge in [0.1, 0.15) is 5.56 Å². The van der Waals surface area contributed by atoms with Crippen molar-refractivity contribution in [2.75, 3.05) is 7.11 Å². The van der Waals surface area contributed by atoms with Crippen molar-refractivity contribution in [1.82, 2.24) is 9.99 Å². The Labute approximate surface area is 147 Å². The van der Waals surface area contributed by atoms with Gasteiger partial charge in [-0.15, -0.1) is 0 Å². The normalized spacial score (nSPS) is 10.7. The van der Waals surface area contributed by atoms with E-state index in [2.05, 4.69) is 10.5 Å². The van der Waals surface area contributed by atoms with E-state index in [1.807, 2.05) is 0 Å². The van der Waals surface area contributed by atoms with Crippen molar-refractivity contribution in [1.29, 1.82) is 0 Å². The van der Waals surface area contributed by atoms with E-state index in [4.69, 9.17) is 4.74 Å². The van der Waals surface area contributed by atoms with Crippen molar-refractivity contribution in [2.24, 2.45) is 5.10 Å². The first-order valence-electron chi connectivity index (χ1n) is 7.47. The number of nitrogens with one attached hydrogen (secondary N) is 1. The van der Waals surface area contributed by atoms with Gasteiger partial charge in [-0.05, 0) is 25.1 Å². The SMILES string of the molecule is CCn1cccc(C(=O)N/N=C\c2cc(O)c(OC)cc2[N+](=O)[O-])c1=O. The average Bonchev–Trinajstić information content (AvgIpc) is 2.61. The number of nitro benzene ring substituents is 1. The summed E-state index contributed by atoms with van der Waals surface area (Å²) in [6.07, 6.45) is 2.54. The van der Waals surface area contributed by atoms with Crippen LogP contribution < -0.4 is 15.7 Å². The smallest absolute Gasteiger partial charge is 0.282 e. The number of carbonyl (C=O) groups excluding carboxylic acids is 1. The fourth-order valence-electron chi connectivity index (χ4n) is 2.18. The fraction of sp³-hybridized carbons (Fsp3) is 0.188. The number of hydrazone groups is 1. The maximum atomic E-state index is 12.1. The Morgan fingerprint density at radius 2 is 2.23 bits per heavy atom. The summed E-state index contributed by atoms with van der Waals surface area (Å²) < 4.78 is 6.17. The van der Waals surface area contributed by atoms with Crippen LogP contribution in [0, 0.1) is 10.1 Å². The molecule has 26 heavy (non-hydrogen) atoms. The highest BCUT2D eigenvalue weighted by Gasteiger charge is 2.18. The molecule has 0 aliphatic heterocycles. The van der Waals surface area contributed by atoms with Crippen LogP contribution in [0.15, 0.2) is 40.4 Å². The molecule has 1 aromatic carbocycles. The van der Waals surface area contributed by atoms with Gasteiger partial charge in [-0.2, -0.15) is 5.10 Å². The molecule has 2 rings (SSSR count). The minimum atomic E-state index is -0.755. The molecule has 0 fully saturated rings. The average molecular weight is 360 g/mol. The summed E-state index contributed by atoms with van der Waals surface area (Å²) in [5.41, 5.74) is 1.13. The van der Waals surface area contributed by atoms with Gasteiger partial charge < -0.3 is 14.4 Å². The van der Waals surface area contributed by atoms with E-state index in [0.717, 1.165) is 18.3 Å². The van der Waals surface area contributed by atoms with Crippen LogP contribution in [-0.4, -0.2) is 33.8 Å². The number of nitrogens with zero attached hydrogens (tertiary/aromatic N) is 3. The van der Waals surface area contributed by atoms with E-state index >= 15 is 0 Å². The monoisotopic (exact) mass is 360 g/mol. The van der Waals surface area contributed by atoms with Crippen molar-refractivity contribution in [3.8, 4) is 11.5 Å². The molecule has 1 heterocycles. The van der Waals surface area contributed by atoms with Crippen molar-refractivity contribution < 1.29 is 19.6 Å². The zero-order chi connectivity index (χ0) is 19.3. The predicted molar refractivity (Wildman–Crippen MR) is 92.7 cm³/mol. The first kappa shape index (κ1) is 18.6. The van der Waals surface area contributed by atoms with Gasteiger partial charge in [0.15, 0.2) is 11.5 Å². The zero-order valence-electron chi connectivity index (χ0n) is 14.0. The van der Waals surface area contributed by atoms with E-state index in [0.29, 0.717) is 6.54 Å². The number of benzene rings is 1. The maximum Gasteiger partial charge on any atom is 0.282 e. The van der Waals surface area contributed by atoms with Gasteiger partial charge in [0.2, 0.25) is 0 Å². The number of ether oxygens (including phenoxy) is 1. The molecule has 10 heteroatoms. The van der Waals surface area contributed by atoms with Gasteiger partial charge in [0.05, 0.1) is 29.9 Å². The van der Waals surface area contributed by atoms with Crippen LogP contribution in [-0.2, 0) is 6.54 Å². The number of aryl methyl sites for hydroxylation is 1. The summed E-state index contributed by atoms with van der Waals surface area (Å²) in [5.74, 6) is -1.14. The summed E-state index contributed by atoms with van der Waals surface area (Å²) in [5, 5.41) is 24.5. The quantitative estimate of drug-likeness (QED) is 0.452. The minimum Gasteiger partial charge on any atom is -0.504 e. The van der Waals surface area contributed by atoms with Gasteiger partial charge in [-0.1, -0.05) is 0 Å². The van der Waals surface area contributed by atoms with Crippen molar-refractivity contribution in [3.63, 3.8) is 0 Å². The maximum absolute atomic E-state index is 12.1. The predicted octanol–water partition coefficient (Wildman–Crippen LogP) is 1.25. The van der Waals surface area contributed by atoms with Crippen LogP contribution in [0.3, 0.4) is 0 Å². The highest BCUT2D eigenvalue weighted by atomic mass is 16.6. The molecule has 0 saturated heterocycles. The number of pyridine rings is 1. The first-order chi connectivity index (χ1) is 12.4. The number of nitro groups is 1. The molecule has 1 aromatic heterocycles. The molecular formula is C16H16N4O6. The number of phenols is 1. The highest BCUT2D eigenvalue weighted by molar-refractivity contribution is 5.95. The lowest BCUT2D eigenvalue weighted by Crippen LogP contribution is -2.30. The van der Waals surface area contributed by atoms with Gasteiger partial charge in [0, 0.05) is 12.7 Å². The van der Waals surface area contributed by atoms with Gasteiger partial charge >= 0.3 is 0 Å². The molecule has 1 amide bonds. The molecule has 2 N–H and O–H groups in total. The molecule has 136 valence electrons. The van der Waals surface area contributed by atoms with Crippen LogP contribution in [0.1, 0.15) is 22.8 Å². The molecule has 0 radical (unpaired) electrons. The van der Waals surface area contributed by atoms with E-state index < -0.39 is 16.4 Å². The van der Waals surface area contributed by atoms with Gasteiger partial charge in [-0.3, -0.25) is 19.7 Å². The molecule has 0 atom stereocenters. The third-order valence-electron chi connectivity index (χ3n) is 3.50. The number of aromatic nitrogens is 1. The summed E-state index contributed by atoms with van der Waals surface area (Å²) in [7, 11) is 1.26. The van der Waals surface area contributed by atoms with Crippen molar-refractivity contribution in [2.45, 2.75) is 13.5 Å². The fourth-order valence-corrected chi connectivity index (χ4v) is 2.18. The summed E-state index contributed by atoms with van der Waals surface area (Å²) in [6.45, 7) is 2.16. The third-order valence-corrected chi connectivity index (χ3v) is 3.50. The zero-order valence-corrected chi connectivity index (χ0v) is 14.0. The number of hydrogen-bond donors (Lipinski definition) is 2. The molecule has 0 unspecified atom stereocenters. The first-order valence-corrected chi connectivity index (χ1v) is 7.47. The number of rotatable bonds is 6. The molecular weight excluding hydrogens is 344 g/mol. The van der Waals surface area contributed by atoms with Crippen LogP contribution in [0.25, 0.3) is 0 Å². The van der Waals surface area contributed by atoms with Gasteiger partial charge in [0.25, 0.3) is 17.2 Å². The van der Waals surface area contributed by atoms with E-state index in [1.165, 1.54) is 17.7 Å². The number of methoxy groups -OCH3 is 1. The second kappa shape index (κ2) is 7.92. The Hall–Kier alpha value is -3.69. The molecule has 0 spiro atoms. The minimum absolute atomic E-state index is 0.0485. The molecule has 0 saturated carbocycles. The highest BCUT2D eigenvalue weighted by Crippen LogP contribution is 2.32.